The summed E-state index contributed by atoms with van der Waals surface area (Å²) in [5, 5.41) is 8.73. The third-order valence-corrected chi connectivity index (χ3v) is 0.852. The molecule has 3 nitrogen and oxygen atoms in total. The molecule has 0 fully saturated rings. The molecule has 0 saturated heterocycles. The van der Waals surface area contributed by atoms with Gasteiger partial charge in [-0.1, -0.05) is 13.6 Å². The molecular formula is C4H13B3O3. The largest absolute Gasteiger partial charge is 0.476 e. The summed E-state index contributed by atoms with van der Waals surface area (Å²) in [4.78, 5) is 0. The van der Waals surface area contributed by atoms with Crippen LogP contribution in [0.2, 0.25) is 27.3 Å². The summed E-state index contributed by atoms with van der Waals surface area (Å²) >= 11 is 0. The number of rotatable bonds is 4. The zero-order valence-electron chi connectivity index (χ0n) is 7.00. The maximum atomic E-state index is 8.73. The lowest BCUT2D eigenvalue weighted by Crippen LogP contribution is -2.30. The van der Waals surface area contributed by atoms with Crippen LogP contribution in [0, 0.1) is 0 Å². The van der Waals surface area contributed by atoms with Crippen LogP contribution >= 0.6 is 0 Å². The van der Waals surface area contributed by atoms with Gasteiger partial charge >= 0.3 is 14.2 Å². The van der Waals surface area contributed by atoms with Crippen molar-refractivity contribution in [2.24, 2.45) is 0 Å². The van der Waals surface area contributed by atoms with Crippen LogP contribution in [0.4, 0.5) is 0 Å². The Kier molecular flexibility index (Phi) is 4.86. The van der Waals surface area contributed by atoms with Gasteiger partial charge in [0, 0.05) is 0 Å². The normalized spacial score (nSPS) is 9.30. The van der Waals surface area contributed by atoms with E-state index < -0.39 is 7.12 Å². The van der Waals surface area contributed by atoms with Crippen LogP contribution < -0.4 is 0 Å². The van der Waals surface area contributed by atoms with Crippen LogP contribution in [-0.2, 0) is 9.14 Å². The van der Waals surface area contributed by atoms with Gasteiger partial charge in [-0.2, -0.15) is 0 Å². The van der Waals surface area contributed by atoms with Gasteiger partial charge in [0.2, 0.25) is 0 Å². The third-order valence-electron chi connectivity index (χ3n) is 0.852. The van der Waals surface area contributed by atoms with Crippen LogP contribution in [0.3, 0.4) is 0 Å². The second kappa shape index (κ2) is 4.82. The van der Waals surface area contributed by atoms with Crippen molar-refractivity contribution in [3.05, 3.63) is 0 Å². The van der Waals surface area contributed by atoms with Crippen molar-refractivity contribution < 1.29 is 14.2 Å². The molecule has 6 heteroatoms. The lowest BCUT2D eigenvalue weighted by atomic mass is 9.70. The van der Waals surface area contributed by atoms with Gasteiger partial charge in [-0.25, -0.2) is 0 Å². The maximum absolute atomic E-state index is 8.73. The third kappa shape index (κ3) is 6.20. The predicted molar refractivity (Wildman–Crippen MR) is 45.1 cm³/mol. The van der Waals surface area contributed by atoms with E-state index in [0.717, 1.165) is 0 Å². The Hall–Kier alpha value is 0.0748. The van der Waals surface area contributed by atoms with Crippen molar-refractivity contribution in [1.29, 1.82) is 0 Å². The Morgan fingerprint density at radius 1 is 1.00 bits per heavy atom. The van der Waals surface area contributed by atoms with E-state index in [4.69, 9.17) is 14.2 Å². The van der Waals surface area contributed by atoms with Gasteiger partial charge < -0.3 is 14.2 Å². The summed E-state index contributed by atoms with van der Waals surface area (Å²) in [5.74, 6) is 0. The fourth-order valence-electron chi connectivity index (χ4n) is 0.693. The Morgan fingerprint density at radius 2 is 1.50 bits per heavy atom. The predicted octanol–water partition coefficient (Wildman–Crippen LogP) is 0.499. The van der Waals surface area contributed by atoms with Crippen LogP contribution in [0.15, 0.2) is 0 Å². The topological polar surface area (TPSA) is 38.7 Å². The van der Waals surface area contributed by atoms with E-state index in [9.17, 15) is 0 Å². The molecule has 0 bridgehead atoms. The highest BCUT2D eigenvalue weighted by atomic mass is 16.6. The van der Waals surface area contributed by atoms with Crippen LogP contribution in [-0.4, -0.2) is 26.2 Å². The molecule has 0 amide bonds. The zero-order chi connectivity index (χ0) is 8.15. The SMILES string of the molecule is CB(C)OB(C)OB(C)O. The first-order valence-electron chi connectivity index (χ1n) is 3.51. The molecule has 0 aliphatic heterocycles. The van der Waals surface area contributed by atoms with E-state index in [2.05, 4.69) is 0 Å². The van der Waals surface area contributed by atoms with Crippen molar-refractivity contribution >= 4 is 21.2 Å². The molecule has 0 spiro atoms. The molecule has 0 radical (unpaired) electrons. The molecule has 10 heavy (non-hydrogen) atoms. The molecule has 0 aliphatic rings. The van der Waals surface area contributed by atoms with Gasteiger partial charge in [-0.15, -0.1) is 0 Å². The molecule has 0 aromatic carbocycles. The van der Waals surface area contributed by atoms with Gasteiger partial charge in [-0.3, -0.25) is 0 Å². The van der Waals surface area contributed by atoms with E-state index in [0.29, 0.717) is 0 Å². The minimum atomic E-state index is -0.756. The summed E-state index contributed by atoms with van der Waals surface area (Å²) in [6.45, 7) is 7.28. The minimum absolute atomic E-state index is 0.133. The highest BCUT2D eigenvalue weighted by Gasteiger charge is 2.17. The quantitative estimate of drug-likeness (QED) is 0.580. The van der Waals surface area contributed by atoms with Crippen LogP contribution in [0.1, 0.15) is 0 Å². The monoisotopic (exact) mass is 142 g/mol. The molecule has 1 N–H and O–H groups in total. The molecule has 0 saturated carbocycles. The van der Waals surface area contributed by atoms with E-state index in [1.165, 1.54) is 0 Å². The number of hydrogen-bond donors (Lipinski definition) is 1. The Bertz CT molecular complexity index is 77.8. The van der Waals surface area contributed by atoms with Gasteiger partial charge in [-0.05, 0) is 13.6 Å². The van der Waals surface area contributed by atoms with Gasteiger partial charge in [0.15, 0.2) is 0 Å². The van der Waals surface area contributed by atoms with Crippen LogP contribution in [0.5, 0.6) is 0 Å². The Labute approximate surface area is 63.5 Å². The Balaban J connectivity index is 3.34. The summed E-state index contributed by atoms with van der Waals surface area (Å²) in [6, 6.07) is 0. The minimum Gasteiger partial charge on any atom is -0.476 e. The van der Waals surface area contributed by atoms with Crippen molar-refractivity contribution in [3.63, 3.8) is 0 Å². The highest BCUT2D eigenvalue weighted by Crippen LogP contribution is 1.93. The van der Waals surface area contributed by atoms with E-state index >= 15 is 0 Å². The Morgan fingerprint density at radius 3 is 1.80 bits per heavy atom. The van der Waals surface area contributed by atoms with E-state index in [-0.39, 0.29) is 14.0 Å². The summed E-state index contributed by atoms with van der Waals surface area (Å²) in [7, 11) is -1.09. The van der Waals surface area contributed by atoms with E-state index in [1.807, 2.05) is 13.6 Å². The first-order chi connectivity index (χ1) is 4.52. The van der Waals surface area contributed by atoms with Crippen LogP contribution in [0.25, 0.3) is 0 Å². The standard InChI is InChI=1S/C4H13B3O3/c1-5(2)9-7(4)10-6(3)8/h8H,1-4H3. The summed E-state index contributed by atoms with van der Waals surface area (Å²) in [6.07, 6.45) is 0. The van der Waals surface area contributed by atoms with Crippen molar-refractivity contribution in [2.45, 2.75) is 27.3 Å². The molecule has 0 atom stereocenters. The van der Waals surface area contributed by atoms with Gasteiger partial charge in [0.1, 0.15) is 0 Å². The lowest BCUT2D eigenvalue weighted by molar-refractivity contribution is 0.376. The molecule has 56 valence electrons. The van der Waals surface area contributed by atoms with E-state index in [1.54, 1.807) is 13.6 Å². The van der Waals surface area contributed by atoms with Crippen molar-refractivity contribution in [2.75, 3.05) is 0 Å². The highest BCUT2D eigenvalue weighted by molar-refractivity contribution is 6.65. The second-order valence-corrected chi connectivity index (χ2v) is 2.49. The fourth-order valence-corrected chi connectivity index (χ4v) is 0.693. The average molecular weight is 142 g/mol. The molecule has 0 aromatic heterocycles. The smallest absolute Gasteiger partial charge is 0.437 e. The van der Waals surface area contributed by atoms with Gasteiger partial charge in [0.25, 0.3) is 6.92 Å². The molecule has 0 heterocycles. The molecule has 0 aliphatic carbocycles. The molecular weight excluding hydrogens is 128 g/mol. The summed E-state index contributed by atoms with van der Waals surface area (Å²) in [5.41, 5.74) is 0. The van der Waals surface area contributed by atoms with Gasteiger partial charge in [0.05, 0.1) is 0 Å². The second-order valence-electron chi connectivity index (χ2n) is 2.49. The lowest BCUT2D eigenvalue weighted by Gasteiger charge is -2.12. The fraction of sp³-hybridized carbons (Fsp3) is 1.00. The zero-order valence-corrected chi connectivity index (χ0v) is 7.00. The molecule has 0 unspecified atom stereocenters. The number of hydrogen-bond acceptors (Lipinski definition) is 3. The maximum Gasteiger partial charge on any atom is 0.437 e. The molecule has 0 aromatic rings. The van der Waals surface area contributed by atoms with Crippen molar-refractivity contribution in [1.82, 2.24) is 0 Å². The molecule has 0 rings (SSSR count). The summed E-state index contributed by atoms with van der Waals surface area (Å²) < 4.78 is 10.1. The average Bonchev–Trinajstić information content (AvgIpc) is 1.58. The first kappa shape index (κ1) is 10.1. The first-order valence-corrected chi connectivity index (χ1v) is 3.51. The van der Waals surface area contributed by atoms with Crippen molar-refractivity contribution in [3.8, 4) is 0 Å².